The van der Waals surface area contributed by atoms with Crippen LogP contribution in [0.3, 0.4) is 0 Å². The lowest BCUT2D eigenvalue weighted by atomic mass is 9.86. The van der Waals surface area contributed by atoms with E-state index in [1.165, 1.54) is 11.1 Å². The third-order valence-electron chi connectivity index (χ3n) is 4.63. The molecule has 0 radical (unpaired) electrons. The summed E-state index contributed by atoms with van der Waals surface area (Å²) in [5.41, 5.74) is 2.32. The molecule has 0 unspecified atom stereocenters. The molecular weight excluding hydrogens is 392 g/mol. The van der Waals surface area contributed by atoms with Crippen LogP contribution in [0.4, 0.5) is 4.79 Å². The van der Waals surface area contributed by atoms with Crippen molar-refractivity contribution in [2.24, 2.45) is 0 Å². The fourth-order valence-electron chi connectivity index (χ4n) is 3.13. The molecule has 146 valence electrons. The second-order valence-electron chi connectivity index (χ2n) is 9.34. The SMILES string of the molecule is C[C@H]1CN(C(=O)OC(C)(C)C)CCN1Cc1cc(Br)cc(C(C)(C)C)c1. The number of carbonyl (C=O) groups excluding carboxylic acids is 1. The lowest BCUT2D eigenvalue weighted by Gasteiger charge is -2.40. The van der Waals surface area contributed by atoms with Crippen LogP contribution >= 0.6 is 15.9 Å². The molecule has 1 aliphatic heterocycles. The van der Waals surface area contributed by atoms with Crippen molar-refractivity contribution in [2.75, 3.05) is 19.6 Å². The van der Waals surface area contributed by atoms with Gasteiger partial charge in [-0.15, -0.1) is 0 Å². The summed E-state index contributed by atoms with van der Waals surface area (Å²) in [5, 5.41) is 0. The zero-order chi connectivity index (χ0) is 19.7. The fourth-order valence-corrected chi connectivity index (χ4v) is 3.67. The summed E-state index contributed by atoms with van der Waals surface area (Å²) in [6.45, 7) is 17.8. The maximum absolute atomic E-state index is 12.3. The van der Waals surface area contributed by atoms with Crippen LogP contribution in [0.25, 0.3) is 0 Å². The van der Waals surface area contributed by atoms with Crippen molar-refractivity contribution in [1.82, 2.24) is 9.80 Å². The Balaban J connectivity index is 2.03. The van der Waals surface area contributed by atoms with E-state index in [1.807, 2.05) is 25.7 Å². The summed E-state index contributed by atoms with van der Waals surface area (Å²) in [6, 6.07) is 7.00. The third-order valence-corrected chi connectivity index (χ3v) is 5.08. The van der Waals surface area contributed by atoms with E-state index in [-0.39, 0.29) is 11.5 Å². The smallest absolute Gasteiger partial charge is 0.410 e. The highest BCUT2D eigenvalue weighted by atomic mass is 79.9. The number of ether oxygens (including phenoxy) is 1. The number of amides is 1. The molecular formula is C21H33BrN2O2. The van der Waals surface area contributed by atoms with Gasteiger partial charge in [0.25, 0.3) is 0 Å². The van der Waals surface area contributed by atoms with Gasteiger partial charge in [-0.3, -0.25) is 4.90 Å². The van der Waals surface area contributed by atoms with Gasteiger partial charge in [0.2, 0.25) is 0 Å². The summed E-state index contributed by atoms with van der Waals surface area (Å²) in [4.78, 5) is 16.6. The molecule has 0 spiro atoms. The minimum atomic E-state index is -0.447. The summed E-state index contributed by atoms with van der Waals surface area (Å²) >= 11 is 3.65. The molecule has 1 saturated heterocycles. The summed E-state index contributed by atoms with van der Waals surface area (Å²) < 4.78 is 6.64. The van der Waals surface area contributed by atoms with Crippen molar-refractivity contribution in [3.8, 4) is 0 Å². The molecule has 1 amide bonds. The Bertz CT molecular complexity index is 646. The number of carbonyl (C=O) groups is 1. The van der Waals surface area contributed by atoms with E-state index in [0.29, 0.717) is 19.1 Å². The van der Waals surface area contributed by atoms with Gasteiger partial charge in [-0.1, -0.05) is 42.8 Å². The number of piperazine rings is 1. The highest BCUT2D eigenvalue weighted by molar-refractivity contribution is 9.10. The predicted octanol–water partition coefficient (Wildman–Crippen LogP) is 5.19. The fraction of sp³-hybridized carbons (Fsp3) is 0.667. The van der Waals surface area contributed by atoms with Crippen LogP contribution in [0.5, 0.6) is 0 Å². The number of hydrogen-bond acceptors (Lipinski definition) is 3. The van der Waals surface area contributed by atoms with E-state index < -0.39 is 5.60 Å². The summed E-state index contributed by atoms with van der Waals surface area (Å²) in [6.07, 6.45) is -0.207. The predicted molar refractivity (Wildman–Crippen MR) is 111 cm³/mol. The standard InChI is InChI=1S/C21H33BrN2O2/c1-15-13-24(19(25)26-21(5,6)7)9-8-23(15)14-16-10-17(20(2,3)4)12-18(22)11-16/h10-12,15H,8-9,13-14H2,1-7H3/t15-/m0/s1. The van der Waals surface area contributed by atoms with Crippen molar-refractivity contribution in [1.29, 1.82) is 0 Å². The largest absolute Gasteiger partial charge is 0.444 e. The van der Waals surface area contributed by atoms with Gasteiger partial charge in [0, 0.05) is 36.7 Å². The molecule has 0 N–H and O–H groups in total. The van der Waals surface area contributed by atoms with E-state index >= 15 is 0 Å². The van der Waals surface area contributed by atoms with E-state index in [2.05, 4.69) is 66.7 Å². The molecule has 5 heteroatoms. The third kappa shape index (κ3) is 5.98. The number of halogens is 1. The quantitative estimate of drug-likeness (QED) is 0.654. The molecule has 26 heavy (non-hydrogen) atoms. The van der Waals surface area contributed by atoms with Crippen LogP contribution in [0, 0.1) is 0 Å². The van der Waals surface area contributed by atoms with Crippen LogP contribution < -0.4 is 0 Å². The molecule has 2 rings (SSSR count). The molecule has 0 bridgehead atoms. The Hall–Kier alpha value is -1.07. The average Bonchev–Trinajstić information content (AvgIpc) is 2.46. The van der Waals surface area contributed by atoms with Crippen LogP contribution in [-0.4, -0.2) is 47.2 Å². The van der Waals surface area contributed by atoms with Crippen molar-refractivity contribution in [3.63, 3.8) is 0 Å². The average molecular weight is 425 g/mol. The van der Waals surface area contributed by atoms with Crippen LogP contribution in [0.15, 0.2) is 22.7 Å². The number of nitrogens with zero attached hydrogens (tertiary/aromatic N) is 2. The molecule has 0 aromatic heterocycles. The zero-order valence-corrected chi connectivity index (χ0v) is 18.8. The Morgan fingerprint density at radius 3 is 2.35 bits per heavy atom. The lowest BCUT2D eigenvalue weighted by Crippen LogP contribution is -2.54. The molecule has 1 atom stereocenters. The first-order chi connectivity index (χ1) is 11.8. The lowest BCUT2D eigenvalue weighted by molar-refractivity contribution is 0.00460. The minimum Gasteiger partial charge on any atom is -0.444 e. The molecule has 1 aromatic rings. The highest BCUT2D eigenvalue weighted by Gasteiger charge is 2.30. The van der Waals surface area contributed by atoms with Crippen LogP contribution in [0.2, 0.25) is 0 Å². The van der Waals surface area contributed by atoms with Crippen LogP contribution in [-0.2, 0) is 16.7 Å². The first-order valence-corrected chi connectivity index (χ1v) is 10.2. The Morgan fingerprint density at radius 1 is 1.15 bits per heavy atom. The molecule has 0 saturated carbocycles. The summed E-state index contributed by atoms with van der Waals surface area (Å²) in [5.74, 6) is 0. The first-order valence-electron chi connectivity index (χ1n) is 9.37. The van der Waals surface area contributed by atoms with Gasteiger partial charge in [-0.05, 0) is 56.4 Å². The highest BCUT2D eigenvalue weighted by Crippen LogP contribution is 2.28. The monoisotopic (exact) mass is 424 g/mol. The van der Waals surface area contributed by atoms with Crippen molar-refractivity contribution >= 4 is 22.0 Å². The topological polar surface area (TPSA) is 32.8 Å². The summed E-state index contributed by atoms with van der Waals surface area (Å²) in [7, 11) is 0. The second kappa shape index (κ2) is 7.89. The molecule has 0 aliphatic carbocycles. The second-order valence-corrected chi connectivity index (χ2v) is 10.3. The maximum atomic E-state index is 12.3. The van der Waals surface area contributed by atoms with E-state index in [1.54, 1.807) is 0 Å². The normalized spacial score (nSPS) is 19.5. The van der Waals surface area contributed by atoms with Crippen molar-refractivity contribution in [2.45, 2.75) is 72.1 Å². The number of rotatable bonds is 2. The molecule has 1 aliphatic rings. The Morgan fingerprint density at radius 2 is 1.81 bits per heavy atom. The maximum Gasteiger partial charge on any atom is 0.410 e. The van der Waals surface area contributed by atoms with E-state index in [4.69, 9.17) is 4.74 Å². The zero-order valence-electron chi connectivity index (χ0n) is 17.2. The molecule has 1 heterocycles. The number of benzene rings is 1. The molecule has 1 aromatic carbocycles. The van der Waals surface area contributed by atoms with Crippen LogP contribution in [0.1, 0.15) is 59.6 Å². The van der Waals surface area contributed by atoms with Gasteiger partial charge >= 0.3 is 6.09 Å². The van der Waals surface area contributed by atoms with Gasteiger partial charge < -0.3 is 9.64 Å². The van der Waals surface area contributed by atoms with E-state index in [0.717, 1.165) is 17.6 Å². The molecule has 4 nitrogen and oxygen atoms in total. The molecule has 1 fully saturated rings. The van der Waals surface area contributed by atoms with Gasteiger partial charge in [-0.25, -0.2) is 4.79 Å². The number of hydrogen-bond donors (Lipinski definition) is 0. The van der Waals surface area contributed by atoms with E-state index in [9.17, 15) is 4.79 Å². The van der Waals surface area contributed by atoms with Gasteiger partial charge in [0.05, 0.1) is 0 Å². The Kier molecular flexibility index (Phi) is 6.44. The van der Waals surface area contributed by atoms with Gasteiger partial charge in [-0.2, -0.15) is 0 Å². The van der Waals surface area contributed by atoms with Crippen molar-refractivity contribution < 1.29 is 9.53 Å². The van der Waals surface area contributed by atoms with Gasteiger partial charge in [0.15, 0.2) is 0 Å². The minimum absolute atomic E-state index is 0.125. The first kappa shape index (κ1) is 21.2. The van der Waals surface area contributed by atoms with Gasteiger partial charge in [0.1, 0.15) is 5.60 Å². The van der Waals surface area contributed by atoms with Crippen molar-refractivity contribution in [3.05, 3.63) is 33.8 Å². The Labute approximate surface area is 167 Å².